The van der Waals surface area contributed by atoms with Crippen LogP contribution in [0.25, 0.3) is 0 Å². The molecule has 1 N–H and O–H groups in total. The summed E-state index contributed by atoms with van der Waals surface area (Å²) in [7, 11) is 6.23. The zero-order valence-corrected chi connectivity index (χ0v) is 22.8. The van der Waals surface area contributed by atoms with E-state index in [2.05, 4.69) is 5.32 Å². The predicted molar refractivity (Wildman–Crippen MR) is 143 cm³/mol. The third kappa shape index (κ3) is 4.83. The van der Waals surface area contributed by atoms with Gasteiger partial charge in [-0.05, 0) is 37.5 Å². The number of esters is 1. The van der Waals surface area contributed by atoms with Crippen molar-refractivity contribution in [2.45, 2.75) is 44.9 Å². The summed E-state index contributed by atoms with van der Waals surface area (Å²) in [6, 6.07) is 11.3. The third-order valence-corrected chi connectivity index (χ3v) is 7.11. The number of ether oxygens (including phenoxy) is 5. The number of carbonyl (C=O) groups excluding carboxylic acids is 2. The molecule has 2 unspecified atom stereocenters. The van der Waals surface area contributed by atoms with E-state index in [4.69, 9.17) is 23.7 Å². The van der Waals surface area contributed by atoms with Crippen LogP contribution in [-0.2, 0) is 14.3 Å². The van der Waals surface area contributed by atoms with Crippen molar-refractivity contribution in [2.24, 2.45) is 0 Å². The molecule has 0 radical (unpaired) electrons. The summed E-state index contributed by atoms with van der Waals surface area (Å²) in [6.45, 7) is 4.05. The molecule has 202 valence electrons. The lowest BCUT2D eigenvalue weighted by Gasteiger charge is -2.37. The number of carbonyl (C=O) groups is 2. The van der Waals surface area contributed by atoms with E-state index in [0.717, 1.165) is 17.0 Å². The highest BCUT2D eigenvalue weighted by atomic mass is 16.5. The van der Waals surface area contributed by atoms with Crippen molar-refractivity contribution in [1.82, 2.24) is 5.32 Å². The van der Waals surface area contributed by atoms with Gasteiger partial charge in [0.15, 0.2) is 17.3 Å². The lowest BCUT2D eigenvalue weighted by Crippen LogP contribution is -2.36. The molecular formula is C30H35NO7. The highest BCUT2D eigenvalue weighted by Gasteiger charge is 2.43. The monoisotopic (exact) mass is 521 g/mol. The normalized spacial score (nSPS) is 18.9. The summed E-state index contributed by atoms with van der Waals surface area (Å²) in [4.78, 5) is 27.4. The van der Waals surface area contributed by atoms with Crippen LogP contribution in [0.2, 0.25) is 0 Å². The molecule has 2 atom stereocenters. The van der Waals surface area contributed by atoms with Crippen LogP contribution in [0.15, 0.2) is 58.9 Å². The van der Waals surface area contributed by atoms with E-state index in [1.165, 1.54) is 14.2 Å². The first-order valence-corrected chi connectivity index (χ1v) is 12.7. The number of Topliss-reactive ketones (excluding diaryl/α,β-unsaturated/α-hetero) is 1. The van der Waals surface area contributed by atoms with E-state index in [1.807, 2.05) is 44.2 Å². The van der Waals surface area contributed by atoms with E-state index < -0.39 is 11.9 Å². The van der Waals surface area contributed by atoms with Gasteiger partial charge in [0.1, 0.15) is 5.75 Å². The second kappa shape index (κ2) is 11.6. The van der Waals surface area contributed by atoms with Crippen LogP contribution in [0.1, 0.15) is 56.1 Å². The van der Waals surface area contributed by atoms with Crippen LogP contribution in [0.5, 0.6) is 23.0 Å². The fraction of sp³-hybridized carbons (Fsp3) is 0.400. The molecule has 4 rings (SSSR count). The molecule has 0 saturated heterocycles. The van der Waals surface area contributed by atoms with Crippen molar-refractivity contribution < 1.29 is 33.3 Å². The number of para-hydroxylation sites is 1. The molecule has 0 spiro atoms. The minimum atomic E-state index is -0.698. The first-order chi connectivity index (χ1) is 18.4. The quantitative estimate of drug-likeness (QED) is 0.459. The number of methoxy groups -OCH3 is 4. The minimum Gasteiger partial charge on any atom is -0.496 e. The Labute approximate surface area is 223 Å². The number of ketones is 1. The second-order valence-electron chi connectivity index (χ2n) is 9.32. The SMILES string of the molecule is CCCOC(=O)C1=C(C)NC2=C(C(=O)CC(c3ccccc3OC)C2)C1c1ccc(OC)c(OC)c1OC. The summed E-state index contributed by atoms with van der Waals surface area (Å²) >= 11 is 0. The Morgan fingerprint density at radius 1 is 0.895 bits per heavy atom. The van der Waals surface area contributed by atoms with Crippen molar-refractivity contribution in [1.29, 1.82) is 0 Å². The maximum absolute atomic E-state index is 14.0. The van der Waals surface area contributed by atoms with Crippen LogP contribution < -0.4 is 24.3 Å². The molecule has 2 aromatic carbocycles. The van der Waals surface area contributed by atoms with Gasteiger partial charge < -0.3 is 29.0 Å². The minimum absolute atomic E-state index is 0.0511. The van der Waals surface area contributed by atoms with Gasteiger partial charge in [-0.25, -0.2) is 4.79 Å². The summed E-state index contributed by atoms with van der Waals surface area (Å²) in [5, 5.41) is 3.38. The molecule has 0 bridgehead atoms. The fourth-order valence-corrected chi connectivity index (χ4v) is 5.47. The van der Waals surface area contributed by atoms with Crippen molar-refractivity contribution in [3.63, 3.8) is 0 Å². The highest BCUT2D eigenvalue weighted by molar-refractivity contribution is 6.04. The predicted octanol–water partition coefficient (Wildman–Crippen LogP) is 5.04. The van der Waals surface area contributed by atoms with Gasteiger partial charge in [0.05, 0.1) is 46.5 Å². The third-order valence-electron chi connectivity index (χ3n) is 7.11. The van der Waals surface area contributed by atoms with Gasteiger partial charge in [-0.2, -0.15) is 0 Å². The lowest BCUT2D eigenvalue weighted by atomic mass is 9.71. The molecule has 2 aromatic rings. The standard InChI is InChI=1S/C30H35NO7/c1-7-14-38-30(33)25-17(2)31-21-15-18(19-10-8-9-11-23(19)34-3)16-22(32)27(21)26(25)20-12-13-24(35-4)29(37-6)28(20)36-5/h8-13,18,26,31H,7,14-16H2,1-6H3. The molecule has 8 nitrogen and oxygen atoms in total. The molecule has 0 aromatic heterocycles. The molecule has 1 aliphatic carbocycles. The molecule has 1 aliphatic heterocycles. The summed E-state index contributed by atoms with van der Waals surface area (Å²) < 4.78 is 28.1. The molecule has 1 heterocycles. The zero-order chi connectivity index (χ0) is 27.4. The van der Waals surface area contributed by atoms with Crippen molar-refractivity contribution in [2.75, 3.05) is 35.0 Å². The lowest BCUT2D eigenvalue weighted by molar-refractivity contribution is -0.139. The highest BCUT2D eigenvalue weighted by Crippen LogP contribution is 2.51. The fourth-order valence-electron chi connectivity index (χ4n) is 5.47. The van der Waals surface area contributed by atoms with E-state index in [1.54, 1.807) is 20.3 Å². The number of allylic oxidation sites excluding steroid dienone is 3. The van der Waals surface area contributed by atoms with E-state index >= 15 is 0 Å². The smallest absolute Gasteiger partial charge is 0.336 e. The Hall–Kier alpha value is -3.94. The van der Waals surface area contributed by atoms with Crippen LogP contribution >= 0.6 is 0 Å². The molecule has 0 amide bonds. The molecule has 0 saturated carbocycles. The van der Waals surface area contributed by atoms with Crippen molar-refractivity contribution >= 4 is 11.8 Å². The van der Waals surface area contributed by atoms with E-state index in [-0.39, 0.29) is 24.7 Å². The van der Waals surface area contributed by atoms with Gasteiger partial charge in [-0.15, -0.1) is 0 Å². The van der Waals surface area contributed by atoms with Crippen LogP contribution in [-0.4, -0.2) is 46.8 Å². The van der Waals surface area contributed by atoms with Crippen LogP contribution in [0.3, 0.4) is 0 Å². The van der Waals surface area contributed by atoms with Crippen LogP contribution in [0, 0.1) is 0 Å². The Kier molecular flexibility index (Phi) is 8.29. The number of nitrogens with one attached hydrogen (secondary N) is 1. The first kappa shape index (κ1) is 27.1. The summed E-state index contributed by atoms with van der Waals surface area (Å²) in [6.07, 6.45) is 1.55. The van der Waals surface area contributed by atoms with Gasteiger partial charge in [-0.3, -0.25) is 4.79 Å². The molecular weight excluding hydrogens is 486 g/mol. The van der Waals surface area contributed by atoms with Gasteiger partial charge >= 0.3 is 5.97 Å². The zero-order valence-electron chi connectivity index (χ0n) is 22.8. The van der Waals surface area contributed by atoms with Crippen LogP contribution in [0.4, 0.5) is 0 Å². The number of dihydropyridines is 1. The Morgan fingerprint density at radius 2 is 1.61 bits per heavy atom. The largest absolute Gasteiger partial charge is 0.496 e. The maximum atomic E-state index is 14.0. The van der Waals surface area contributed by atoms with Gasteiger partial charge in [-0.1, -0.05) is 31.2 Å². The van der Waals surface area contributed by atoms with Crippen molar-refractivity contribution in [3.8, 4) is 23.0 Å². The van der Waals surface area contributed by atoms with Gasteiger partial charge in [0, 0.05) is 34.9 Å². The van der Waals surface area contributed by atoms with Crippen molar-refractivity contribution in [3.05, 3.63) is 70.1 Å². The number of benzene rings is 2. The molecule has 38 heavy (non-hydrogen) atoms. The Morgan fingerprint density at radius 3 is 2.26 bits per heavy atom. The number of rotatable bonds is 9. The first-order valence-electron chi connectivity index (χ1n) is 12.7. The molecule has 0 fully saturated rings. The topological polar surface area (TPSA) is 92.3 Å². The number of hydrogen-bond acceptors (Lipinski definition) is 8. The van der Waals surface area contributed by atoms with E-state index in [9.17, 15) is 9.59 Å². The number of hydrogen-bond donors (Lipinski definition) is 1. The molecule has 2 aliphatic rings. The average molecular weight is 522 g/mol. The second-order valence-corrected chi connectivity index (χ2v) is 9.32. The maximum Gasteiger partial charge on any atom is 0.336 e. The summed E-state index contributed by atoms with van der Waals surface area (Å²) in [5.41, 5.74) is 3.95. The molecule has 8 heteroatoms. The Bertz CT molecular complexity index is 1290. The van der Waals surface area contributed by atoms with E-state index in [0.29, 0.717) is 52.5 Å². The average Bonchev–Trinajstić information content (AvgIpc) is 2.93. The van der Waals surface area contributed by atoms with Gasteiger partial charge in [0.25, 0.3) is 0 Å². The van der Waals surface area contributed by atoms with Gasteiger partial charge in [0.2, 0.25) is 5.75 Å². The summed E-state index contributed by atoms with van der Waals surface area (Å²) in [5.74, 6) is 0.740. The Balaban J connectivity index is 1.89.